The Hall–Kier alpha value is -13.3. The topological polar surface area (TPSA) is 124 Å². The van der Waals surface area contributed by atoms with Gasteiger partial charge in [0.1, 0.15) is 57.6 Å². The zero-order valence-electron chi connectivity index (χ0n) is 80.8. The van der Waals surface area contributed by atoms with E-state index in [1.807, 2.05) is 98.3 Å². The third kappa shape index (κ3) is 14.1. The fourth-order valence-corrected chi connectivity index (χ4v) is 16.0. The number of para-hydroxylation sites is 2. The lowest BCUT2D eigenvalue weighted by Crippen LogP contribution is -2.31. The van der Waals surface area contributed by atoms with Crippen molar-refractivity contribution in [3.8, 4) is 56.3 Å². The van der Waals surface area contributed by atoms with Crippen LogP contribution in [0.25, 0.3) is 166 Å². The van der Waals surface area contributed by atoms with Gasteiger partial charge in [0.25, 0.3) is 0 Å². The van der Waals surface area contributed by atoms with E-state index in [4.69, 9.17) is 39.9 Å². The monoisotopic (exact) mass is 1540 g/mol. The van der Waals surface area contributed by atoms with E-state index in [0.717, 1.165) is 99.4 Å². The van der Waals surface area contributed by atoms with Crippen LogP contribution in [0.3, 0.4) is 0 Å². The molecule has 0 fully saturated rings. The van der Waals surface area contributed by atoms with Gasteiger partial charge in [-0.15, -0.1) is 0 Å². The van der Waals surface area contributed by atoms with Gasteiger partial charge in [-0.1, -0.05) is 113 Å². The van der Waals surface area contributed by atoms with E-state index in [-0.39, 0.29) is 16.7 Å². The molecule has 0 N–H and O–H groups in total. The van der Waals surface area contributed by atoms with Gasteiger partial charge in [-0.25, -0.2) is 37.8 Å². The molecule has 0 saturated carbocycles. The first-order chi connectivity index (χ1) is 61.1. The summed E-state index contributed by atoms with van der Waals surface area (Å²) in [6.07, 6.45) is 14.9. The molecule has 0 amide bonds. The summed E-state index contributed by atoms with van der Waals surface area (Å²) in [4.78, 5) is 13.1. The van der Waals surface area contributed by atoms with E-state index in [1.54, 1.807) is 79.9 Å². The summed E-state index contributed by atoms with van der Waals surface area (Å²) in [5, 5.41) is 9.09. The third-order valence-electron chi connectivity index (χ3n) is 22.1. The Labute approximate surface area is 694 Å². The zero-order chi connectivity index (χ0) is 92.2. The summed E-state index contributed by atoms with van der Waals surface area (Å²) < 4.78 is 144. The summed E-state index contributed by atoms with van der Waals surface area (Å²) in [6, 6.07) is 63.0. The number of aromatic nitrogens is 8. The van der Waals surface area contributed by atoms with Crippen LogP contribution in [0.1, 0.15) is 124 Å². The number of nitrogens with zero attached hydrogens (tertiary/aromatic N) is 8. The fraction of sp³-hybridized carbons (Fsp3) is 0.204. The maximum atomic E-state index is 8.50. The molecule has 13 aromatic heterocycles. The van der Waals surface area contributed by atoms with Crippen LogP contribution in [0.15, 0.2) is 266 Å². The Morgan fingerprint density at radius 1 is 0.310 bits per heavy atom. The summed E-state index contributed by atoms with van der Waals surface area (Å²) in [5.74, 6) is -1.32. The number of fused-ring (bicyclic) bond motifs is 15. The Morgan fingerprint density at radius 2 is 0.716 bits per heavy atom. The number of hydrogen-bond donors (Lipinski definition) is 0. The normalized spacial score (nSPS) is 14.2. The maximum absolute atomic E-state index is 8.50. The molecule has 116 heavy (non-hydrogen) atoms. The minimum Gasteiger partial charge on any atom is -0.455 e. The second kappa shape index (κ2) is 31.3. The maximum Gasteiger partial charge on any atom is 0.227 e. The number of furan rings is 5. The van der Waals surface area contributed by atoms with Crippen LogP contribution >= 0.6 is 0 Å². The van der Waals surface area contributed by atoms with Gasteiger partial charge in [-0.05, 0) is 197 Å². The molecule has 0 radical (unpaired) electrons. The van der Waals surface area contributed by atoms with Crippen molar-refractivity contribution in [2.75, 3.05) is 0 Å². The summed E-state index contributed by atoms with van der Waals surface area (Å²) in [7, 11) is 9.81. The van der Waals surface area contributed by atoms with Crippen LogP contribution < -0.4 is 22.8 Å². The number of hydrogen-bond acceptors (Lipinski definition) is 8. The molecule has 0 aliphatic rings. The van der Waals surface area contributed by atoms with Gasteiger partial charge in [0, 0.05) is 150 Å². The standard InChI is InChI=1S/C23H24NO.C22H22NO.C21H21N2O.C19H17N2O.C18H15N2O/c1-14(2)17-10-11-24(5)19(13-17)22-16(4)12-15(3)21-18-8-6-7-9-20(18)25-23(21)22;1-13-11-18(23(5)12-16(13)4)21-15(3)10-14(2)20-17-8-6-7-9-19(17)24-22(20)21;1-13(2)15-9-11-23(4)18(12-15)19-14(3)7-8-16-17-6-5-10-22-21(17)24-20(16)19;1-12-6-9-16(21(3)11-12)17-13(2)7-8-14-15-5-4-10-20-19(15)22-18(14)17;1-12-8-9-13-14-6-5-10-19-18(14)21-17(13)16(12)15-7-3-4-11-20(15)2/h6-14H,1-5H3;6-12H,1-5H3;5-13H,1-4H3;4-11H,1-3H3;3-11H,1-2H3/q5*+1/i1D3,3D3,14D;2D3,4D3;;;. The summed E-state index contributed by atoms with van der Waals surface area (Å²) in [6.45, 7) is 10.4. The number of pyridine rings is 8. The Morgan fingerprint density at radius 3 is 1.17 bits per heavy atom. The minimum atomic E-state index is -2.51. The van der Waals surface area contributed by atoms with E-state index in [0.29, 0.717) is 89.5 Å². The van der Waals surface area contributed by atoms with Crippen LogP contribution in [0, 0.1) is 69.0 Å². The average molecular weight is 1540 g/mol. The number of aryl methyl sites for hydroxylation is 15. The Bertz CT molecular complexity index is 7820. The fourth-order valence-electron chi connectivity index (χ4n) is 16.0. The number of benzene rings is 7. The first kappa shape index (κ1) is 62.2. The average Bonchev–Trinajstić information content (AvgIpc) is 1.59. The van der Waals surface area contributed by atoms with Crippen molar-refractivity contribution in [1.29, 1.82) is 0 Å². The SMILES string of the molecule is Cc1ccc(-c2c(C)ccc3c2oc2ncccc23)[n+](C)c1.Cc1ccc2c(oc3ncccc32)c1-c1cc(C(C)C)cc[n+]1C.Cc1ccc2c(oc3ncccc32)c1-c1cccc[n+]1C.[2H]C([2H])([2H])c1c[n+](C)c(-c2c(C)cc(C([2H])([2H])[2H])c3c2oc2ccccc23)cc1C.[2H]C([2H])([2H])c1cc(C)c(-c2cc(C([2H])(C)C([2H])([2H])[2H])cc[n+]2C)c2oc3ccccc3c12. The molecule has 0 aliphatic carbocycles. The van der Waals surface area contributed by atoms with Crippen LogP contribution in [0.4, 0.5) is 0 Å². The van der Waals surface area contributed by atoms with Crippen molar-refractivity contribution in [3.05, 3.63) is 310 Å². The van der Waals surface area contributed by atoms with Gasteiger partial charge in [-0.3, -0.25) is 0 Å². The van der Waals surface area contributed by atoms with E-state index < -0.39 is 33.3 Å². The van der Waals surface area contributed by atoms with Crippen LogP contribution in [0.2, 0.25) is 0 Å². The first-order valence-corrected chi connectivity index (χ1v) is 38.7. The van der Waals surface area contributed by atoms with Crippen molar-refractivity contribution in [3.63, 3.8) is 0 Å². The van der Waals surface area contributed by atoms with Crippen molar-refractivity contribution in [2.45, 2.75) is 108 Å². The molecular weight excluding hydrogens is 1430 g/mol. The van der Waals surface area contributed by atoms with E-state index >= 15 is 0 Å². The molecular formula is C103H99N8O5+5. The quantitative estimate of drug-likeness (QED) is 0.145. The van der Waals surface area contributed by atoms with Crippen LogP contribution in [0.5, 0.6) is 0 Å². The molecule has 13 nitrogen and oxygen atoms in total. The largest absolute Gasteiger partial charge is 0.455 e. The highest BCUT2D eigenvalue weighted by molar-refractivity contribution is 6.14. The van der Waals surface area contributed by atoms with Crippen molar-refractivity contribution >= 4 is 110 Å². The van der Waals surface area contributed by atoms with Gasteiger partial charge in [0.2, 0.25) is 45.6 Å². The third-order valence-corrected chi connectivity index (χ3v) is 22.1. The highest BCUT2D eigenvalue weighted by Gasteiger charge is 2.28. The lowest BCUT2D eigenvalue weighted by atomic mass is 9.95. The van der Waals surface area contributed by atoms with E-state index in [1.165, 1.54) is 40.4 Å². The van der Waals surface area contributed by atoms with E-state index in [9.17, 15) is 0 Å². The molecule has 0 bridgehead atoms. The molecule has 13 heteroatoms. The van der Waals surface area contributed by atoms with Crippen molar-refractivity contribution < 1.29 is 62.7 Å². The second-order valence-corrected chi connectivity index (χ2v) is 30.5. The highest BCUT2D eigenvalue weighted by atomic mass is 16.4. The van der Waals surface area contributed by atoms with Gasteiger partial charge in [0.05, 0.1) is 27.8 Å². The van der Waals surface area contributed by atoms with E-state index in [2.05, 4.69) is 201 Å². The van der Waals surface area contributed by atoms with Gasteiger partial charge in [0.15, 0.2) is 47.7 Å². The second-order valence-electron chi connectivity index (χ2n) is 30.5. The summed E-state index contributed by atoms with van der Waals surface area (Å²) in [5.41, 5.74) is 26.0. The molecule has 1 unspecified atom stereocenters. The van der Waals surface area contributed by atoms with Crippen LogP contribution in [-0.2, 0) is 35.2 Å². The predicted octanol–water partition coefficient (Wildman–Crippen LogP) is 23.9. The van der Waals surface area contributed by atoms with Crippen LogP contribution in [-0.4, -0.2) is 15.0 Å². The molecule has 20 aromatic rings. The smallest absolute Gasteiger partial charge is 0.227 e. The molecule has 13 heterocycles. The van der Waals surface area contributed by atoms with Gasteiger partial charge >= 0.3 is 0 Å². The van der Waals surface area contributed by atoms with Gasteiger partial charge < -0.3 is 22.1 Å². The molecule has 0 spiro atoms. The highest BCUT2D eigenvalue weighted by Crippen LogP contribution is 2.44. The van der Waals surface area contributed by atoms with Gasteiger partial charge in [-0.2, -0.15) is 0 Å². The van der Waals surface area contributed by atoms with Crippen molar-refractivity contribution in [2.24, 2.45) is 35.2 Å². The molecule has 0 saturated heterocycles. The van der Waals surface area contributed by atoms with Crippen molar-refractivity contribution in [1.82, 2.24) is 15.0 Å². The lowest BCUT2D eigenvalue weighted by Gasteiger charge is -2.10. The molecule has 576 valence electrons. The Kier molecular flexibility index (Phi) is 16.8. The lowest BCUT2D eigenvalue weighted by molar-refractivity contribution is -0.660. The minimum absolute atomic E-state index is 0.213. The Balaban J connectivity index is 0.000000119. The number of rotatable bonds is 7. The first-order valence-electron chi connectivity index (χ1n) is 45.2. The molecule has 7 aromatic carbocycles. The molecule has 20 rings (SSSR count). The summed E-state index contributed by atoms with van der Waals surface area (Å²) >= 11 is 0. The molecule has 0 aliphatic heterocycles. The molecule has 1 atom stereocenters. The zero-order valence-corrected chi connectivity index (χ0v) is 67.8. The predicted molar refractivity (Wildman–Crippen MR) is 471 cm³/mol.